The number of pyridine rings is 2. The van der Waals surface area contributed by atoms with Crippen LogP contribution in [-0.2, 0) is 0 Å². The highest BCUT2D eigenvalue weighted by molar-refractivity contribution is 6.30. The van der Waals surface area contributed by atoms with Crippen molar-refractivity contribution in [3.8, 4) is 22.4 Å². The Bertz CT molecular complexity index is 1520. The van der Waals surface area contributed by atoms with Crippen LogP contribution in [0.5, 0.6) is 0 Å². The average Bonchev–Trinajstić information content (AvgIpc) is 3.24. The van der Waals surface area contributed by atoms with Crippen molar-refractivity contribution in [1.29, 1.82) is 0 Å². The maximum atomic E-state index is 13.0. The van der Waals surface area contributed by atoms with E-state index in [1.807, 2.05) is 55.5 Å². The molecule has 0 saturated heterocycles. The van der Waals surface area contributed by atoms with Gasteiger partial charge in [0, 0.05) is 40.1 Å². The van der Waals surface area contributed by atoms with Gasteiger partial charge in [0.05, 0.1) is 18.2 Å². The summed E-state index contributed by atoms with van der Waals surface area (Å²) >= 11 is 6.10. The van der Waals surface area contributed by atoms with Gasteiger partial charge in [-0.25, -0.2) is 0 Å². The lowest BCUT2D eigenvalue weighted by molar-refractivity contribution is 0.247. The van der Waals surface area contributed by atoms with Crippen molar-refractivity contribution >= 4 is 22.5 Å². The molecule has 164 valence electrons. The van der Waals surface area contributed by atoms with Gasteiger partial charge in [-0.2, -0.15) is 5.10 Å². The Morgan fingerprint density at radius 3 is 2.64 bits per heavy atom. The topological polar surface area (TPSA) is 83.8 Å². The van der Waals surface area contributed by atoms with Gasteiger partial charge in [0.15, 0.2) is 0 Å². The van der Waals surface area contributed by atoms with Gasteiger partial charge in [-0.05, 0) is 66.1 Å². The van der Waals surface area contributed by atoms with E-state index in [4.69, 9.17) is 11.6 Å². The zero-order chi connectivity index (χ0) is 22.9. The first-order chi connectivity index (χ1) is 16.0. The molecule has 0 aliphatic heterocycles. The molecular weight excluding hydrogens is 436 g/mol. The standard InChI is InChI=1S/C26H21ClN4O2/c1-16-11-20(7-9-28-16)26-22-13-17(5-6-23(22)29-30-26)18-8-10-31(25(33)14-18)24(15-32)19-3-2-4-21(27)12-19/h2-14,24,32H,15H2,1H3,(H,29,30)/t24-/m0/s1. The predicted octanol–water partition coefficient (Wildman–Crippen LogP) is 5.00. The second-order valence-electron chi connectivity index (χ2n) is 7.93. The third-order valence-electron chi connectivity index (χ3n) is 5.76. The molecule has 5 aromatic rings. The van der Waals surface area contributed by atoms with Crippen molar-refractivity contribution < 1.29 is 5.11 Å². The van der Waals surface area contributed by atoms with Crippen LogP contribution in [0.2, 0.25) is 5.02 Å². The summed E-state index contributed by atoms with van der Waals surface area (Å²) in [5.74, 6) is 0. The molecule has 0 bridgehead atoms. The number of benzene rings is 2. The summed E-state index contributed by atoms with van der Waals surface area (Å²) in [7, 11) is 0. The molecule has 0 aliphatic rings. The van der Waals surface area contributed by atoms with Gasteiger partial charge < -0.3 is 9.67 Å². The number of nitrogens with one attached hydrogen (secondary N) is 1. The molecule has 3 aromatic heterocycles. The van der Waals surface area contributed by atoms with E-state index in [0.717, 1.165) is 44.5 Å². The maximum absolute atomic E-state index is 13.0. The summed E-state index contributed by atoms with van der Waals surface area (Å²) in [6, 6.07) is 20.0. The molecule has 7 heteroatoms. The van der Waals surface area contributed by atoms with Crippen molar-refractivity contribution in [2.45, 2.75) is 13.0 Å². The number of aromatic nitrogens is 4. The lowest BCUT2D eigenvalue weighted by Gasteiger charge is -2.18. The molecule has 6 nitrogen and oxygen atoms in total. The molecule has 1 atom stereocenters. The minimum atomic E-state index is -0.511. The van der Waals surface area contributed by atoms with Gasteiger partial charge in [0.2, 0.25) is 0 Å². The predicted molar refractivity (Wildman–Crippen MR) is 130 cm³/mol. The van der Waals surface area contributed by atoms with Crippen LogP contribution in [0.15, 0.2) is 83.9 Å². The Hall–Kier alpha value is -3.74. The molecule has 5 rings (SSSR count). The van der Waals surface area contributed by atoms with Gasteiger partial charge in [0.25, 0.3) is 5.56 Å². The van der Waals surface area contributed by atoms with Gasteiger partial charge in [-0.15, -0.1) is 0 Å². The molecule has 0 fully saturated rings. The van der Waals surface area contributed by atoms with Crippen LogP contribution < -0.4 is 5.56 Å². The Balaban J connectivity index is 1.55. The van der Waals surface area contributed by atoms with Gasteiger partial charge in [-0.1, -0.05) is 29.8 Å². The summed E-state index contributed by atoms with van der Waals surface area (Å²) in [6.45, 7) is 1.73. The van der Waals surface area contributed by atoms with Crippen LogP contribution in [0.25, 0.3) is 33.3 Å². The number of H-pyrrole nitrogens is 1. The molecule has 2 N–H and O–H groups in total. The second kappa shape index (κ2) is 8.65. The molecule has 0 radical (unpaired) electrons. The van der Waals surface area contributed by atoms with Crippen LogP contribution in [-0.4, -0.2) is 31.5 Å². The summed E-state index contributed by atoms with van der Waals surface area (Å²) in [5.41, 5.74) is 5.92. The molecule has 0 unspecified atom stereocenters. The number of hydrogen-bond donors (Lipinski definition) is 2. The number of rotatable bonds is 5. The first-order valence-electron chi connectivity index (χ1n) is 10.5. The van der Waals surface area contributed by atoms with E-state index in [0.29, 0.717) is 5.02 Å². The van der Waals surface area contributed by atoms with Crippen LogP contribution in [0, 0.1) is 6.92 Å². The summed E-state index contributed by atoms with van der Waals surface area (Å²) < 4.78 is 1.52. The van der Waals surface area contributed by atoms with Crippen molar-refractivity contribution in [2.24, 2.45) is 0 Å². The monoisotopic (exact) mass is 456 g/mol. The fraction of sp³-hybridized carbons (Fsp3) is 0.115. The Labute approximate surface area is 195 Å². The van der Waals surface area contributed by atoms with E-state index in [2.05, 4.69) is 15.2 Å². The number of aliphatic hydroxyl groups excluding tert-OH is 1. The second-order valence-corrected chi connectivity index (χ2v) is 8.37. The largest absolute Gasteiger partial charge is 0.394 e. The van der Waals surface area contributed by atoms with Crippen LogP contribution in [0.3, 0.4) is 0 Å². The van der Waals surface area contributed by atoms with Crippen LogP contribution in [0.4, 0.5) is 0 Å². The number of aryl methyl sites for hydroxylation is 1. The van der Waals surface area contributed by atoms with E-state index < -0.39 is 6.04 Å². The quantitative estimate of drug-likeness (QED) is 0.390. The normalized spacial score (nSPS) is 12.2. The number of fused-ring (bicyclic) bond motifs is 1. The van der Waals surface area contributed by atoms with Gasteiger partial charge >= 0.3 is 0 Å². The SMILES string of the molecule is Cc1cc(-c2n[nH]c3ccc(-c4ccn([C@@H](CO)c5cccc(Cl)c5)c(=O)c4)cc23)ccn1. The zero-order valence-corrected chi connectivity index (χ0v) is 18.6. The minimum Gasteiger partial charge on any atom is -0.394 e. The van der Waals surface area contributed by atoms with Crippen molar-refractivity contribution in [3.05, 3.63) is 106 Å². The minimum absolute atomic E-state index is 0.205. The lowest BCUT2D eigenvalue weighted by Crippen LogP contribution is -2.26. The number of nitrogens with zero attached hydrogens (tertiary/aromatic N) is 3. The first kappa shape index (κ1) is 21.1. The third-order valence-corrected chi connectivity index (χ3v) is 5.99. The maximum Gasteiger partial charge on any atom is 0.251 e. The van der Waals surface area contributed by atoms with E-state index in [1.165, 1.54) is 4.57 Å². The van der Waals surface area contributed by atoms with E-state index in [-0.39, 0.29) is 12.2 Å². The highest BCUT2D eigenvalue weighted by atomic mass is 35.5. The first-order valence-corrected chi connectivity index (χ1v) is 10.9. The molecule has 2 aromatic carbocycles. The number of halogens is 1. The molecule has 0 aliphatic carbocycles. The van der Waals surface area contributed by atoms with Crippen molar-refractivity contribution in [1.82, 2.24) is 19.7 Å². The number of hydrogen-bond acceptors (Lipinski definition) is 4. The molecular formula is C26H21ClN4O2. The number of aromatic amines is 1. The molecule has 0 saturated carbocycles. The van der Waals surface area contributed by atoms with E-state index >= 15 is 0 Å². The average molecular weight is 457 g/mol. The summed E-state index contributed by atoms with van der Waals surface area (Å²) in [4.78, 5) is 17.3. The van der Waals surface area contributed by atoms with Crippen LogP contribution >= 0.6 is 11.6 Å². The zero-order valence-electron chi connectivity index (χ0n) is 17.9. The highest BCUT2D eigenvalue weighted by Crippen LogP contribution is 2.30. The molecule has 0 amide bonds. The third kappa shape index (κ3) is 4.06. The summed E-state index contributed by atoms with van der Waals surface area (Å²) in [5, 5.41) is 19.1. The van der Waals surface area contributed by atoms with Gasteiger partial charge in [-0.3, -0.25) is 14.9 Å². The Kier molecular flexibility index (Phi) is 5.54. The fourth-order valence-electron chi connectivity index (χ4n) is 4.10. The fourth-order valence-corrected chi connectivity index (χ4v) is 4.30. The van der Waals surface area contributed by atoms with Crippen molar-refractivity contribution in [2.75, 3.05) is 6.61 Å². The number of aliphatic hydroxyl groups is 1. The summed E-state index contributed by atoms with van der Waals surface area (Å²) in [6.07, 6.45) is 3.48. The Morgan fingerprint density at radius 1 is 1.03 bits per heavy atom. The Morgan fingerprint density at radius 2 is 1.88 bits per heavy atom. The smallest absolute Gasteiger partial charge is 0.251 e. The molecule has 33 heavy (non-hydrogen) atoms. The molecule has 0 spiro atoms. The molecule has 3 heterocycles. The van der Waals surface area contributed by atoms with Crippen LogP contribution in [0.1, 0.15) is 17.3 Å². The lowest BCUT2D eigenvalue weighted by atomic mass is 10.0. The van der Waals surface area contributed by atoms with E-state index in [1.54, 1.807) is 30.6 Å². The highest BCUT2D eigenvalue weighted by Gasteiger charge is 2.16. The van der Waals surface area contributed by atoms with Crippen molar-refractivity contribution in [3.63, 3.8) is 0 Å². The van der Waals surface area contributed by atoms with E-state index in [9.17, 15) is 9.90 Å². The van der Waals surface area contributed by atoms with Gasteiger partial charge in [0.1, 0.15) is 5.69 Å².